The van der Waals surface area contributed by atoms with E-state index in [4.69, 9.17) is 5.73 Å². The van der Waals surface area contributed by atoms with Gasteiger partial charge in [0.1, 0.15) is 5.92 Å². The van der Waals surface area contributed by atoms with Crippen LogP contribution in [0.5, 0.6) is 0 Å². The SMILES string of the molecule is C[C@@H]1C(=O)NC(=O)[C@H]1C(=O)[C@@H](NC(=O)CCc1ccccc1)[C@@H](C)CN. The molecule has 3 amide bonds. The third-order valence-corrected chi connectivity index (χ3v) is 4.80. The van der Waals surface area contributed by atoms with E-state index in [1.54, 1.807) is 6.92 Å². The van der Waals surface area contributed by atoms with Gasteiger partial charge in [-0.1, -0.05) is 44.2 Å². The lowest BCUT2D eigenvalue weighted by atomic mass is 9.84. The second kappa shape index (κ2) is 8.71. The lowest BCUT2D eigenvalue weighted by Crippen LogP contribution is -2.51. The molecule has 1 aliphatic heterocycles. The van der Waals surface area contributed by atoms with Crippen LogP contribution in [0.4, 0.5) is 0 Å². The van der Waals surface area contributed by atoms with Crippen molar-refractivity contribution in [3.05, 3.63) is 35.9 Å². The van der Waals surface area contributed by atoms with Crippen molar-refractivity contribution in [2.24, 2.45) is 23.5 Å². The summed E-state index contributed by atoms with van der Waals surface area (Å²) in [6.07, 6.45) is 0.764. The second-order valence-electron chi connectivity index (χ2n) is 6.77. The third kappa shape index (κ3) is 4.54. The van der Waals surface area contributed by atoms with Crippen LogP contribution in [0.2, 0.25) is 0 Å². The number of ketones is 1. The standard InChI is InChI=1S/C19H25N3O4/c1-11(10-20)16(17(24)15-12(2)18(25)22-19(15)26)21-14(23)9-8-13-6-4-3-5-7-13/h3-7,11-12,15-16H,8-10,20H2,1-2H3,(H,21,23)(H,22,25,26)/t11-,12-,15+,16-/m0/s1. The molecule has 7 heteroatoms. The van der Waals surface area contributed by atoms with E-state index in [1.807, 2.05) is 30.3 Å². The summed E-state index contributed by atoms with van der Waals surface area (Å²) < 4.78 is 0. The Morgan fingerprint density at radius 3 is 2.38 bits per heavy atom. The van der Waals surface area contributed by atoms with E-state index in [0.29, 0.717) is 6.42 Å². The fourth-order valence-electron chi connectivity index (χ4n) is 3.04. The summed E-state index contributed by atoms with van der Waals surface area (Å²) >= 11 is 0. The summed E-state index contributed by atoms with van der Waals surface area (Å²) in [5, 5.41) is 4.88. The average Bonchev–Trinajstić information content (AvgIpc) is 2.89. The first kappa shape index (κ1) is 19.8. The number of benzene rings is 1. The molecule has 1 saturated heterocycles. The molecule has 4 atom stereocenters. The molecule has 26 heavy (non-hydrogen) atoms. The predicted molar refractivity (Wildman–Crippen MR) is 95.7 cm³/mol. The normalized spacial score (nSPS) is 21.8. The van der Waals surface area contributed by atoms with E-state index in [0.717, 1.165) is 5.56 Å². The number of imide groups is 1. The van der Waals surface area contributed by atoms with E-state index in [-0.39, 0.29) is 24.8 Å². The number of aryl methyl sites for hydroxylation is 1. The summed E-state index contributed by atoms with van der Waals surface area (Å²) in [6, 6.07) is 8.65. The van der Waals surface area contributed by atoms with Crippen LogP contribution in [0, 0.1) is 17.8 Å². The van der Waals surface area contributed by atoms with Gasteiger partial charge in [-0.05, 0) is 24.4 Å². The molecule has 7 nitrogen and oxygen atoms in total. The summed E-state index contributed by atoms with van der Waals surface area (Å²) in [5.41, 5.74) is 6.70. The van der Waals surface area contributed by atoms with Crippen molar-refractivity contribution in [2.45, 2.75) is 32.7 Å². The molecule has 0 saturated carbocycles. The maximum Gasteiger partial charge on any atom is 0.238 e. The van der Waals surface area contributed by atoms with Crippen molar-refractivity contribution in [3.8, 4) is 0 Å². The Balaban J connectivity index is 2.04. The van der Waals surface area contributed by atoms with Gasteiger partial charge in [-0.15, -0.1) is 0 Å². The lowest BCUT2D eigenvalue weighted by Gasteiger charge is -2.25. The molecule has 140 valence electrons. The number of hydrogen-bond acceptors (Lipinski definition) is 5. The van der Waals surface area contributed by atoms with E-state index in [1.165, 1.54) is 6.92 Å². The van der Waals surface area contributed by atoms with E-state index in [2.05, 4.69) is 10.6 Å². The van der Waals surface area contributed by atoms with Crippen molar-refractivity contribution >= 4 is 23.5 Å². The van der Waals surface area contributed by atoms with Crippen molar-refractivity contribution in [1.29, 1.82) is 0 Å². The number of rotatable bonds is 8. The molecule has 1 aromatic carbocycles. The molecule has 1 aromatic rings. The molecular weight excluding hydrogens is 334 g/mol. The van der Waals surface area contributed by atoms with Gasteiger partial charge < -0.3 is 11.1 Å². The molecule has 2 rings (SSSR count). The van der Waals surface area contributed by atoms with Gasteiger partial charge in [0.2, 0.25) is 17.7 Å². The van der Waals surface area contributed by atoms with E-state index in [9.17, 15) is 19.2 Å². The molecule has 0 bridgehead atoms. The quantitative estimate of drug-likeness (QED) is 0.452. The number of nitrogens with one attached hydrogen (secondary N) is 2. The van der Waals surface area contributed by atoms with Gasteiger partial charge >= 0.3 is 0 Å². The number of Topliss-reactive ketones (excluding diaryl/α,β-unsaturated/α-hetero) is 1. The number of carbonyl (C=O) groups excluding carboxylic acids is 4. The summed E-state index contributed by atoms with van der Waals surface area (Å²) in [4.78, 5) is 48.8. The van der Waals surface area contributed by atoms with Crippen molar-refractivity contribution < 1.29 is 19.2 Å². The highest BCUT2D eigenvalue weighted by Crippen LogP contribution is 2.23. The largest absolute Gasteiger partial charge is 0.346 e. The van der Waals surface area contributed by atoms with E-state index < -0.39 is 35.5 Å². The first-order valence-electron chi connectivity index (χ1n) is 8.77. The van der Waals surface area contributed by atoms with Gasteiger partial charge in [-0.25, -0.2) is 0 Å². The van der Waals surface area contributed by atoms with Crippen molar-refractivity contribution in [3.63, 3.8) is 0 Å². The highest BCUT2D eigenvalue weighted by atomic mass is 16.2. The smallest absolute Gasteiger partial charge is 0.238 e. The Bertz CT molecular complexity index is 689. The first-order valence-corrected chi connectivity index (χ1v) is 8.77. The average molecular weight is 359 g/mol. The molecule has 0 aromatic heterocycles. The molecule has 0 radical (unpaired) electrons. The molecule has 0 aliphatic carbocycles. The van der Waals surface area contributed by atoms with Gasteiger partial charge in [0.05, 0.1) is 12.0 Å². The van der Waals surface area contributed by atoms with Gasteiger partial charge in [0.15, 0.2) is 5.78 Å². The van der Waals surface area contributed by atoms with E-state index >= 15 is 0 Å². The van der Waals surface area contributed by atoms with Crippen LogP contribution in [-0.4, -0.2) is 36.1 Å². The fraction of sp³-hybridized carbons (Fsp3) is 0.474. The van der Waals surface area contributed by atoms with Gasteiger partial charge in [0, 0.05) is 6.42 Å². The highest BCUT2D eigenvalue weighted by molar-refractivity contribution is 6.16. The zero-order chi connectivity index (χ0) is 19.3. The zero-order valence-electron chi connectivity index (χ0n) is 15.0. The molecule has 1 aliphatic rings. The molecule has 4 N–H and O–H groups in total. The molecule has 0 spiro atoms. The topological polar surface area (TPSA) is 118 Å². The molecule has 1 heterocycles. The first-order chi connectivity index (χ1) is 12.3. The van der Waals surface area contributed by atoms with Crippen LogP contribution < -0.4 is 16.4 Å². The lowest BCUT2D eigenvalue weighted by molar-refractivity contribution is -0.137. The minimum atomic E-state index is -1.09. The second-order valence-corrected chi connectivity index (χ2v) is 6.77. The number of carbonyl (C=O) groups is 4. The van der Waals surface area contributed by atoms with Crippen LogP contribution in [0.3, 0.4) is 0 Å². The van der Waals surface area contributed by atoms with Crippen LogP contribution in [-0.2, 0) is 25.6 Å². The zero-order valence-corrected chi connectivity index (χ0v) is 15.0. The maximum absolute atomic E-state index is 12.8. The molecule has 0 unspecified atom stereocenters. The third-order valence-electron chi connectivity index (χ3n) is 4.80. The Labute approximate surface area is 152 Å². The van der Waals surface area contributed by atoms with Gasteiger partial charge in [-0.2, -0.15) is 0 Å². The maximum atomic E-state index is 12.8. The number of hydrogen-bond donors (Lipinski definition) is 3. The predicted octanol–water partition coefficient (Wildman–Crippen LogP) is 0.177. The van der Waals surface area contributed by atoms with Crippen LogP contribution >= 0.6 is 0 Å². The fourth-order valence-corrected chi connectivity index (χ4v) is 3.04. The summed E-state index contributed by atoms with van der Waals surface area (Å²) in [5.74, 6) is -4.02. The van der Waals surface area contributed by atoms with Crippen LogP contribution in [0.1, 0.15) is 25.8 Å². The molecule has 1 fully saturated rings. The number of nitrogens with two attached hydrogens (primary N) is 1. The highest BCUT2D eigenvalue weighted by Gasteiger charge is 2.46. The Hall–Kier alpha value is -2.54. The Kier molecular flexibility index (Phi) is 6.63. The molecular formula is C19H25N3O4. The van der Waals surface area contributed by atoms with Gasteiger partial charge in [0.25, 0.3) is 0 Å². The minimum Gasteiger partial charge on any atom is -0.346 e. The summed E-state index contributed by atoms with van der Waals surface area (Å²) in [6.45, 7) is 3.44. The summed E-state index contributed by atoms with van der Waals surface area (Å²) in [7, 11) is 0. The van der Waals surface area contributed by atoms with Crippen LogP contribution in [0.25, 0.3) is 0 Å². The number of amides is 3. The van der Waals surface area contributed by atoms with Crippen LogP contribution in [0.15, 0.2) is 30.3 Å². The monoisotopic (exact) mass is 359 g/mol. The Morgan fingerprint density at radius 2 is 1.85 bits per heavy atom. The van der Waals surface area contributed by atoms with Crippen molar-refractivity contribution in [2.75, 3.05) is 6.54 Å². The minimum absolute atomic E-state index is 0.173. The van der Waals surface area contributed by atoms with Crippen molar-refractivity contribution in [1.82, 2.24) is 10.6 Å². The van der Waals surface area contributed by atoms with Gasteiger partial charge in [-0.3, -0.25) is 24.5 Å². The Morgan fingerprint density at radius 1 is 1.19 bits per heavy atom.